The fraction of sp³-hybridized carbons (Fsp3) is 0.500. The number of thiophene rings is 1. The molecule has 1 saturated carbocycles. The Morgan fingerprint density at radius 3 is 3.00 bits per heavy atom. The predicted molar refractivity (Wildman–Crippen MR) is 63.7 cm³/mol. The Morgan fingerprint density at radius 1 is 1.64 bits per heavy atom. The first-order chi connectivity index (χ1) is 6.75. The van der Waals surface area contributed by atoms with Crippen LogP contribution in [0.25, 0.3) is 6.08 Å². The fourth-order valence-electron chi connectivity index (χ4n) is 1.40. The van der Waals surface area contributed by atoms with Crippen molar-refractivity contribution in [2.45, 2.75) is 32.7 Å². The number of rotatable bonds is 4. The molecule has 76 valence electrons. The zero-order chi connectivity index (χ0) is 9.97. The summed E-state index contributed by atoms with van der Waals surface area (Å²) in [6.07, 6.45) is 5.03. The summed E-state index contributed by atoms with van der Waals surface area (Å²) < 4.78 is 0. The van der Waals surface area contributed by atoms with Crippen LogP contribution in [0, 0.1) is 6.92 Å². The molecular weight excluding hydrogens is 190 g/mol. The zero-order valence-corrected chi connectivity index (χ0v) is 9.66. The molecule has 0 spiro atoms. The molecule has 0 unspecified atom stereocenters. The van der Waals surface area contributed by atoms with E-state index in [1.165, 1.54) is 28.9 Å². The van der Waals surface area contributed by atoms with Gasteiger partial charge in [0.15, 0.2) is 0 Å². The van der Waals surface area contributed by atoms with Crippen LogP contribution in [0.15, 0.2) is 17.0 Å². The smallest absolute Gasteiger partial charge is 0.0299 e. The van der Waals surface area contributed by atoms with Gasteiger partial charge in [0, 0.05) is 17.5 Å². The minimum atomic E-state index is 0.808. The first-order valence-corrected chi connectivity index (χ1v) is 6.08. The highest BCUT2D eigenvalue weighted by Gasteiger charge is 2.19. The van der Waals surface area contributed by atoms with Gasteiger partial charge in [-0.15, -0.1) is 11.3 Å². The highest BCUT2D eigenvalue weighted by atomic mass is 32.1. The summed E-state index contributed by atoms with van der Waals surface area (Å²) in [5, 5.41) is 5.68. The maximum Gasteiger partial charge on any atom is 0.0299 e. The molecule has 0 atom stereocenters. The summed E-state index contributed by atoms with van der Waals surface area (Å²) in [4.78, 5) is 1.40. The van der Waals surface area contributed by atoms with Gasteiger partial charge < -0.3 is 5.32 Å². The lowest BCUT2D eigenvalue weighted by atomic mass is 10.2. The lowest BCUT2D eigenvalue weighted by molar-refractivity contribution is 0.736. The van der Waals surface area contributed by atoms with Crippen LogP contribution in [0.2, 0.25) is 0 Å². The van der Waals surface area contributed by atoms with Gasteiger partial charge in [-0.25, -0.2) is 0 Å². The molecule has 2 heteroatoms. The molecule has 1 aromatic heterocycles. The molecule has 1 fully saturated rings. The molecule has 0 saturated heterocycles. The topological polar surface area (TPSA) is 12.0 Å². The van der Waals surface area contributed by atoms with Crippen LogP contribution in [0.5, 0.6) is 0 Å². The monoisotopic (exact) mass is 207 g/mol. The van der Waals surface area contributed by atoms with Crippen molar-refractivity contribution >= 4 is 17.4 Å². The number of hydrogen-bond acceptors (Lipinski definition) is 2. The quantitative estimate of drug-likeness (QED) is 0.799. The Kier molecular flexibility index (Phi) is 3.04. The normalized spacial score (nSPS) is 17.4. The summed E-state index contributed by atoms with van der Waals surface area (Å²) in [5.41, 5.74) is 2.82. The molecule has 0 amide bonds. The van der Waals surface area contributed by atoms with Crippen molar-refractivity contribution in [2.75, 3.05) is 6.54 Å². The molecule has 14 heavy (non-hydrogen) atoms. The first-order valence-electron chi connectivity index (χ1n) is 5.20. The van der Waals surface area contributed by atoms with Crippen LogP contribution in [0.1, 0.15) is 30.2 Å². The average molecular weight is 207 g/mol. The van der Waals surface area contributed by atoms with Crippen LogP contribution < -0.4 is 5.32 Å². The van der Waals surface area contributed by atoms with E-state index in [4.69, 9.17) is 0 Å². The third kappa shape index (κ3) is 2.69. The molecule has 0 bridgehead atoms. The van der Waals surface area contributed by atoms with E-state index < -0.39 is 0 Å². The summed E-state index contributed by atoms with van der Waals surface area (Å²) in [5.74, 6) is 0. The highest BCUT2D eigenvalue weighted by Crippen LogP contribution is 2.21. The summed E-state index contributed by atoms with van der Waals surface area (Å²) in [7, 11) is 0. The van der Waals surface area contributed by atoms with Gasteiger partial charge in [0.05, 0.1) is 0 Å². The Hall–Kier alpha value is -0.600. The standard InChI is InChI=1S/C12H17NS/c1-9(8-13-11-3-4-11)7-12-10(2)5-6-14-12/h5-7,11,13H,3-4,8H2,1-2H3. The van der Waals surface area contributed by atoms with Crippen molar-refractivity contribution in [3.05, 3.63) is 27.5 Å². The Balaban J connectivity index is 1.91. The lowest BCUT2D eigenvalue weighted by Gasteiger charge is -2.02. The van der Waals surface area contributed by atoms with Crippen molar-refractivity contribution in [3.63, 3.8) is 0 Å². The van der Waals surface area contributed by atoms with Crippen molar-refractivity contribution < 1.29 is 0 Å². The second kappa shape index (κ2) is 4.28. The second-order valence-corrected chi connectivity index (χ2v) is 5.06. The van der Waals surface area contributed by atoms with E-state index in [1.807, 2.05) is 11.3 Å². The molecule has 1 heterocycles. The Labute approximate surface area is 89.8 Å². The molecular formula is C12H17NS. The van der Waals surface area contributed by atoms with Gasteiger partial charge in [0.1, 0.15) is 0 Å². The van der Waals surface area contributed by atoms with Crippen molar-refractivity contribution in [1.29, 1.82) is 0 Å². The van der Waals surface area contributed by atoms with Gasteiger partial charge in [-0.2, -0.15) is 0 Å². The highest BCUT2D eigenvalue weighted by molar-refractivity contribution is 7.11. The van der Waals surface area contributed by atoms with Gasteiger partial charge in [-0.05, 0) is 49.8 Å². The van der Waals surface area contributed by atoms with Crippen molar-refractivity contribution in [1.82, 2.24) is 5.32 Å². The molecule has 1 aliphatic carbocycles. The molecule has 1 aromatic rings. The largest absolute Gasteiger partial charge is 0.310 e. The first kappa shape index (κ1) is 9.94. The van der Waals surface area contributed by atoms with Gasteiger partial charge in [0.25, 0.3) is 0 Å². The van der Waals surface area contributed by atoms with Crippen LogP contribution in [0.3, 0.4) is 0 Å². The second-order valence-electron chi connectivity index (χ2n) is 4.11. The van der Waals surface area contributed by atoms with E-state index >= 15 is 0 Å². The van der Waals surface area contributed by atoms with E-state index in [1.54, 1.807) is 0 Å². The maximum absolute atomic E-state index is 3.52. The third-order valence-corrected chi connectivity index (χ3v) is 3.49. The molecule has 2 rings (SSSR count). The maximum atomic E-state index is 3.52. The molecule has 0 aliphatic heterocycles. The van der Waals surface area contributed by atoms with Crippen LogP contribution in [0.4, 0.5) is 0 Å². The summed E-state index contributed by atoms with van der Waals surface area (Å²) >= 11 is 1.82. The van der Waals surface area contributed by atoms with Gasteiger partial charge >= 0.3 is 0 Å². The molecule has 1 aliphatic rings. The van der Waals surface area contributed by atoms with Gasteiger partial charge in [-0.3, -0.25) is 0 Å². The van der Waals surface area contributed by atoms with Crippen molar-refractivity contribution in [2.24, 2.45) is 0 Å². The lowest BCUT2D eigenvalue weighted by Crippen LogP contribution is -2.18. The molecule has 1 nitrogen and oxygen atoms in total. The molecule has 0 aromatic carbocycles. The van der Waals surface area contributed by atoms with Crippen molar-refractivity contribution in [3.8, 4) is 0 Å². The SMILES string of the molecule is CC(=Cc1sccc1C)CNC1CC1. The number of aryl methyl sites for hydroxylation is 1. The zero-order valence-electron chi connectivity index (χ0n) is 8.84. The minimum Gasteiger partial charge on any atom is -0.310 e. The van der Waals surface area contributed by atoms with E-state index in [0.717, 1.165) is 12.6 Å². The minimum absolute atomic E-state index is 0.808. The van der Waals surface area contributed by atoms with Crippen LogP contribution in [-0.2, 0) is 0 Å². The van der Waals surface area contributed by atoms with Gasteiger partial charge in [0.2, 0.25) is 0 Å². The van der Waals surface area contributed by atoms with E-state index in [9.17, 15) is 0 Å². The number of hydrogen-bond donors (Lipinski definition) is 1. The van der Waals surface area contributed by atoms with Crippen LogP contribution >= 0.6 is 11.3 Å². The predicted octanol–water partition coefficient (Wildman–Crippen LogP) is 3.21. The summed E-state index contributed by atoms with van der Waals surface area (Å²) in [6.45, 7) is 5.42. The summed E-state index contributed by atoms with van der Waals surface area (Å²) in [6, 6.07) is 2.99. The van der Waals surface area contributed by atoms with Crippen LogP contribution in [-0.4, -0.2) is 12.6 Å². The van der Waals surface area contributed by atoms with E-state index in [0.29, 0.717) is 0 Å². The van der Waals surface area contributed by atoms with Gasteiger partial charge in [-0.1, -0.05) is 5.57 Å². The van der Waals surface area contributed by atoms with E-state index in [2.05, 4.69) is 36.7 Å². The number of nitrogens with one attached hydrogen (secondary N) is 1. The fourth-order valence-corrected chi connectivity index (χ4v) is 2.34. The molecule has 0 radical (unpaired) electrons. The Morgan fingerprint density at radius 2 is 2.43 bits per heavy atom. The Bertz CT molecular complexity index is 334. The van der Waals surface area contributed by atoms with E-state index in [-0.39, 0.29) is 0 Å². The third-order valence-electron chi connectivity index (χ3n) is 2.53. The average Bonchev–Trinajstić information content (AvgIpc) is 2.90. The molecule has 1 N–H and O–H groups in total.